The summed E-state index contributed by atoms with van der Waals surface area (Å²) in [6.07, 6.45) is 3.19. The van der Waals surface area contributed by atoms with Gasteiger partial charge in [0.1, 0.15) is 40.2 Å². The minimum Gasteiger partial charge on any atom is -0.507 e. The van der Waals surface area contributed by atoms with Crippen molar-refractivity contribution >= 4 is 188 Å². The van der Waals surface area contributed by atoms with Crippen molar-refractivity contribution in [3.63, 3.8) is 0 Å². The van der Waals surface area contributed by atoms with Crippen LogP contribution in [0.5, 0.6) is 40.2 Å². The summed E-state index contributed by atoms with van der Waals surface area (Å²) in [6.45, 7) is -13.8. The van der Waals surface area contributed by atoms with Crippen LogP contribution in [0, 0.1) is 0 Å². The first kappa shape index (κ1) is 100. The molecule has 123 heavy (non-hydrogen) atoms. The number of aliphatic hydroxyl groups excluding tert-OH is 1. The number of aliphatic hydroxyl groups is 1. The summed E-state index contributed by atoms with van der Waals surface area (Å²) in [5.74, 6) is 0.0484. The van der Waals surface area contributed by atoms with Crippen molar-refractivity contribution < 1.29 is 106 Å². The highest BCUT2D eigenvalue weighted by Crippen LogP contribution is 2.36. The highest BCUT2D eigenvalue weighted by atomic mass is 79.9. The third kappa shape index (κ3) is 27.4. The highest BCUT2D eigenvalue weighted by Gasteiger charge is 2.23. The molecule has 652 valence electrons. The molecule has 2 N–H and O–H groups in total. The van der Waals surface area contributed by atoms with Gasteiger partial charge >= 0.3 is 39.7 Å². The van der Waals surface area contributed by atoms with Crippen LogP contribution in [0.3, 0.4) is 0 Å². The van der Waals surface area contributed by atoms with Gasteiger partial charge in [0.05, 0.1) is 70.1 Å². The van der Waals surface area contributed by atoms with Gasteiger partial charge in [0.15, 0.2) is 18.9 Å². The molecule has 0 spiro atoms. The average molecular weight is 2170 g/mol. The SMILES string of the molecule is C=Cc1cccc(OC(F)F)c1Cn1c2cc(Cl)ccc2c(=O)n1C.Cn1c(=O)c2ccc(Cl)cc2n1Cc1c(Br)cccc1OC(F)F.Cn1c(=O)c2ccc(Cl)cc2n1Cc1c(C=O)cccc1OC(F)F.FC(F)Oc1cccc(Br)c1CBr.O=Cc1c(Br)cccc1OC(F)F.O=Cc1c(O)cccc1Br.OCc1c(Br)cccc1OC(F)F. The largest absolute Gasteiger partial charge is 0.507 e. The van der Waals surface area contributed by atoms with Crippen molar-refractivity contribution in [1.82, 2.24) is 28.1 Å². The first-order valence-electron chi connectivity index (χ1n) is 34.6. The molecule has 3 aromatic heterocycles. The van der Waals surface area contributed by atoms with Crippen LogP contribution in [-0.4, -0.2) is 96.8 Å². The molecule has 0 bridgehead atoms. The highest BCUT2D eigenvalue weighted by molar-refractivity contribution is 9.11. The predicted octanol–water partition coefficient (Wildman–Crippen LogP) is 23.5. The van der Waals surface area contributed by atoms with E-state index in [1.807, 2.05) is 0 Å². The number of fused-ring (bicyclic) bond motifs is 3. The van der Waals surface area contributed by atoms with E-state index in [-0.39, 0.29) is 99.9 Å². The fourth-order valence-electron chi connectivity index (χ4n) is 11.4. The predicted molar refractivity (Wildman–Crippen MR) is 464 cm³/mol. The number of rotatable bonds is 24. The van der Waals surface area contributed by atoms with E-state index in [1.165, 1.54) is 74.7 Å². The zero-order valence-electron chi connectivity index (χ0n) is 63.3. The van der Waals surface area contributed by atoms with Gasteiger partial charge in [0.2, 0.25) is 0 Å². The van der Waals surface area contributed by atoms with Crippen LogP contribution in [0.15, 0.2) is 225 Å². The summed E-state index contributed by atoms with van der Waals surface area (Å²) in [5.41, 5.74) is 4.62. The van der Waals surface area contributed by atoms with Crippen LogP contribution in [0.4, 0.5) is 52.7 Å². The molecule has 0 aliphatic carbocycles. The van der Waals surface area contributed by atoms with Crippen LogP contribution in [-0.2, 0) is 52.7 Å². The van der Waals surface area contributed by atoms with E-state index in [9.17, 15) is 81.5 Å². The average Bonchev–Trinajstić information content (AvgIpc) is 1.64. The van der Waals surface area contributed by atoms with Gasteiger partial charge in [-0.3, -0.25) is 56.9 Å². The fraction of sp³-hybridized carbons (Fsp3) is 0.171. The van der Waals surface area contributed by atoms with Crippen molar-refractivity contribution in [3.05, 3.63) is 307 Å². The number of nitrogens with zero attached hydrogens (tertiary/aromatic N) is 6. The topological polar surface area (TPSA) is 228 Å². The van der Waals surface area contributed by atoms with Crippen molar-refractivity contribution in [2.24, 2.45) is 21.1 Å². The lowest BCUT2D eigenvalue weighted by atomic mass is 10.1. The Morgan fingerprint density at radius 1 is 0.374 bits per heavy atom. The number of benzene rings is 10. The molecule has 0 fully saturated rings. The van der Waals surface area contributed by atoms with Gasteiger partial charge in [-0.1, -0.05) is 166 Å². The Morgan fingerprint density at radius 3 is 0.992 bits per heavy atom. The smallest absolute Gasteiger partial charge is 0.387 e. The Bertz CT molecular complexity index is 5820. The maximum atomic E-state index is 12.7. The molecule has 3 heterocycles. The molecular weight excluding hydrogens is 2110 g/mol. The van der Waals surface area contributed by atoms with Gasteiger partial charge in [0, 0.05) is 97.3 Å². The summed E-state index contributed by atoms with van der Waals surface area (Å²) < 4.78 is 186. The minimum atomic E-state index is -3.03. The molecule has 0 amide bonds. The number of carbonyl (C=O) groups excluding carboxylic acids is 3. The maximum Gasteiger partial charge on any atom is 0.387 e. The number of aldehydes is 3. The number of alkyl halides is 13. The maximum absolute atomic E-state index is 12.7. The van der Waals surface area contributed by atoms with E-state index in [1.54, 1.807) is 163 Å². The second kappa shape index (κ2) is 47.9. The Balaban J connectivity index is 0.000000203. The van der Waals surface area contributed by atoms with Crippen LogP contribution in [0.2, 0.25) is 15.1 Å². The zero-order chi connectivity index (χ0) is 90.8. The summed E-state index contributed by atoms with van der Waals surface area (Å²) >= 11 is 37.1. The van der Waals surface area contributed by atoms with E-state index in [4.69, 9.17) is 45.0 Å². The Morgan fingerprint density at radius 2 is 0.659 bits per heavy atom. The molecular formula is C82H63Br6Cl3F12N6O14. The van der Waals surface area contributed by atoms with Crippen LogP contribution in [0.1, 0.15) is 64.5 Å². The number of ether oxygens (including phenoxy) is 6. The third-order valence-electron chi connectivity index (χ3n) is 17.1. The summed E-state index contributed by atoms with van der Waals surface area (Å²) in [7, 11) is 4.77. The third-order valence-corrected chi connectivity index (χ3v) is 22.0. The minimum absolute atomic E-state index is 0.00405. The molecule has 41 heteroatoms. The van der Waals surface area contributed by atoms with Crippen molar-refractivity contribution in [2.45, 2.75) is 71.2 Å². The van der Waals surface area contributed by atoms with Crippen molar-refractivity contribution in [1.29, 1.82) is 0 Å². The van der Waals surface area contributed by atoms with E-state index in [0.717, 1.165) is 4.47 Å². The molecule has 20 nitrogen and oxygen atoms in total. The van der Waals surface area contributed by atoms with E-state index < -0.39 is 39.7 Å². The van der Waals surface area contributed by atoms with Crippen LogP contribution < -0.4 is 45.1 Å². The molecule has 0 saturated heterocycles. The standard InChI is InChI=1S/C18H15ClF2N2O2.C17H13ClF2N2O3.C16H12BrClF2N2O2.C8H6Br2F2O.C8H7BrF2O2.C8H5BrF2O2.C7H5BrO2/c1-3-11-5-4-6-16(25-18(20)21)14(11)10-23-15-9-12(19)7-8-13(15)17(24)22(23)2;1-21-16(24)12-6-5-11(18)7-14(12)22(21)8-13-10(9-23)3-2-4-15(13)25-17(19)20;1-21-15(23)10-6-5-9(18)7-13(10)22(21)8-11-12(17)3-2-4-14(11)24-16(19)20;9-4-5-6(10)2-1-3-7(5)13-8(11)12;2*9-6-2-1-3-7(5(6)4-12)13-8(10)11;8-6-2-1-3-7(10)5(6)4-9/h3-9,18H,1,10H2,2H3;2-7,9,17H,8H2,1H3;2-7,16H,8H2,1H3;1-3,8H,4H2;1-3,8,12H,4H2;1-4,8H;1-4,10H. The van der Waals surface area contributed by atoms with E-state index >= 15 is 0 Å². The molecule has 0 radical (unpaired) electrons. The first-order chi connectivity index (χ1) is 58.4. The van der Waals surface area contributed by atoms with Gasteiger partial charge < -0.3 is 38.6 Å². The number of aromatic nitrogens is 6. The normalized spacial score (nSPS) is 10.9. The summed E-state index contributed by atoms with van der Waals surface area (Å²) in [6, 6.07) is 47.3. The van der Waals surface area contributed by atoms with Crippen molar-refractivity contribution in [3.8, 4) is 40.2 Å². The number of phenols is 1. The van der Waals surface area contributed by atoms with E-state index in [0.29, 0.717) is 123 Å². The molecule has 0 aliphatic rings. The van der Waals surface area contributed by atoms with Gasteiger partial charge in [-0.05, 0) is 165 Å². The Kier molecular flexibility index (Phi) is 39.1. The lowest BCUT2D eigenvalue weighted by molar-refractivity contribution is -0.0516. The molecule has 0 unspecified atom stereocenters. The lowest BCUT2D eigenvalue weighted by Gasteiger charge is -2.16. The second-order valence-electron chi connectivity index (χ2n) is 24.4. The van der Waals surface area contributed by atoms with Gasteiger partial charge in [0.25, 0.3) is 16.7 Å². The van der Waals surface area contributed by atoms with Gasteiger partial charge in [-0.15, -0.1) is 0 Å². The quantitative estimate of drug-likeness (QED) is 0.0326. The van der Waals surface area contributed by atoms with Crippen LogP contribution in [0.25, 0.3) is 38.8 Å². The Hall–Kier alpha value is -9.77. The number of phenolic OH excluding ortho intramolecular Hbond substituents is 1. The monoisotopic (exact) mass is 2160 g/mol. The number of hydrogen-bond acceptors (Lipinski definition) is 14. The summed E-state index contributed by atoms with van der Waals surface area (Å²) in [4.78, 5) is 69.1. The molecule has 10 aromatic carbocycles. The van der Waals surface area contributed by atoms with Crippen molar-refractivity contribution in [2.75, 3.05) is 0 Å². The number of carbonyl (C=O) groups is 3. The Labute approximate surface area is 755 Å². The number of aromatic hydroxyl groups is 1. The van der Waals surface area contributed by atoms with Crippen LogP contribution >= 0.6 is 130 Å². The lowest BCUT2D eigenvalue weighted by Crippen LogP contribution is -2.20. The zero-order valence-corrected chi connectivity index (χ0v) is 75.0. The molecule has 13 rings (SSSR count). The summed E-state index contributed by atoms with van der Waals surface area (Å²) in [5, 5.41) is 21.2. The molecule has 0 aliphatic heterocycles. The molecule has 0 saturated carbocycles. The second-order valence-corrected chi connectivity index (χ2v) is 30.5. The van der Waals surface area contributed by atoms with Gasteiger partial charge in [-0.2, -0.15) is 52.7 Å². The number of halogens is 21. The molecule has 13 aromatic rings. The first-order valence-corrected chi connectivity index (χ1v) is 40.9. The fourth-order valence-corrected chi connectivity index (χ4v) is 15.2. The van der Waals surface area contributed by atoms with E-state index in [2.05, 4.69) is 131 Å². The number of hydrogen-bond donors (Lipinski definition) is 2. The van der Waals surface area contributed by atoms with Gasteiger partial charge in [-0.25, -0.2) is 0 Å². The molecule has 0 atom stereocenters.